The maximum absolute atomic E-state index is 12.9. The van der Waals surface area contributed by atoms with E-state index < -0.39 is 6.09 Å². The van der Waals surface area contributed by atoms with Gasteiger partial charge in [-0.1, -0.05) is 42.5 Å². The smallest absolute Gasteiger partial charge is 0.409 e. The zero-order valence-electron chi connectivity index (χ0n) is 20.2. The number of hydrogen-bond acceptors (Lipinski definition) is 7. The summed E-state index contributed by atoms with van der Waals surface area (Å²) in [7, 11) is 1.67. The van der Waals surface area contributed by atoms with Gasteiger partial charge in [0, 0.05) is 32.5 Å². The average molecular weight is 474 g/mol. The van der Waals surface area contributed by atoms with E-state index in [9.17, 15) is 14.7 Å². The summed E-state index contributed by atoms with van der Waals surface area (Å²) in [5.41, 5.74) is 1.73. The van der Waals surface area contributed by atoms with Gasteiger partial charge in [0.15, 0.2) is 0 Å². The molecule has 1 N–H and O–H groups in total. The van der Waals surface area contributed by atoms with E-state index in [-0.39, 0.29) is 43.7 Å². The van der Waals surface area contributed by atoms with Crippen LogP contribution in [-0.4, -0.2) is 80.8 Å². The van der Waals surface area contributed by atoms with E-state index in [1.54, 1.807) is 22.8 Å². The quantitative estimate of drug-likeness (QED) is 0.684. The normalized spacial score (nSPS) is 20.6. The number of carbonyl (C=O) groups is 2. The molecule has 0 spiro atoms. The molecule has 1 aliphatic rings. The minimum atomic E-state index is -0.450. The summed E-state index contributed by atoms with van der Waals surface area (Å²) in [5.74, 6) is -0.129. The average Bonchev–Trinajstić information content (AvgIpc) is 3.29. The van der Waals surface area contributed by atoms with Crippen molar-refractivity contribution in [3.8, 4) is 0 Å². The number of aliphatic hydroxyl groups excluding tert-OH is 1. The van der Waals surface area contributed by atoms with Crippen molar-refractivity contribution in [2.75, 3.05) is 26.7 Å². The van der Waals surface area contributed by atoms with Gasteiger partial charge < -0.3 is 24.4 Å². The second kappa shape index (κ2) is 12.5. The van der Waals surface area contributed by atoms with Crippen molar-refractivity contribution in [3.05, 3.63) is 47.8 Å². The molecule has 1 aromatic carbocycles. The maximum atomic E-state index is 12.9. The van der Waals surface area contributed by atoms with Gasteiger partial charge in [0.2, 0.25) is 5.91 Å². The Bertz CT molecular complexity index is 921. The van der Waals surface area contributed by atoms with Crippen molar-refractivity contribution in [1.29, 1.82) is 0 Å². The fraction of sp³-hybridized carbons (Fsp3) is 0.583. The molecule has 2 heterocycles. The van der Waals surface area contributed by atoms with Crippen LogP contribution in [0.1, 0.15) is 37.9 Å². The topological polar surface area (TPSA) is 110 Å². The Hall–Kier alpha value is -2.98. The standard InChI is InChI=1S/C24H35N5O5/c1-18-13-28(19(2)15-30)23(31)10-7-11-29-21(12-25-26-29)17-33-22(18)14-27(3)24(32)34-16-20-8-5-4-6-9-20/h4-6,8-9,12,18-19,22,30H,7,10-11,13-17H2,1-3H3/t18-,19+,22+/m1/s1. The first-order valence-corrected chi connectivity index (χ1v) is 11.7. The molecule has 0 saturated heterocycles. The van der Waals surface area contributed by atoms with Gasteiger partial charge in [0.25, 0.3) is 0 Å². The molecule has 0 aliphatic carbocycles. The molecular formula is C24H35N5O5. The van der Waals surface area contributed by atoms with E-state index in [4.69, 9.17) is 9.47 Å². The van der Waals surface area contributed by atoms with Crippen molar-refractivity contribution < 1.29 is 24.2 Å². The number of aliphatic hydroxyl groups is 1. The van der Waals surface area contributed by atoms with Gasteiger partial charge in [-0.15, -0.1) is 5.10 Å². The maximum Gasteiger partial charge on any atom is 0.409 e. The number of ether oxygens (including phenoxy) is 2. The second-order valence-electron chi connectivity index (χ2n) is 8.88. The molecule has 0 radical (unpaired) electrons. The number of hydrogen-bond donors (Lipinski definition) is 1. The van der Waals surface area contributed by atoms with Gasteiger partial charge in [0.05, 0.1) is 43.8 Å². The highest BCUT2D eigenvalue weighted by atomic mass is 16.6. The van der Waals surface area contributed by atoms with Crippen LogP contribution in [0, 0.1) is 5.92 Å². The van der Waals surface area contributed by atoms with Crippen LogP contribution >= 0.6 is 0 Å². The molecular weight excluding hydrogens is 438 g/mol. The van der Waals surface area contributed by atoms with Gasteiger partial charge >= 0.3 is 6.09 Å². The zero-order chi connectivity index (χ0) is 24.5. The van der Waals surface area contributed by atoms with E-state index in [1.165, 1.54) is 4.90 Å². The van der Waals surface area contributed by atoms with E-state index in [1.807, 2.05) is 44.2 Å². The molecule has 0 unspecified atom stereocenters. The lowest BCUT2D eigenvalue weighted by molar-refractivity contribution is -0.136. The van der Waals surface area contributed by atoms with Gasteiger partial charge in [0.1, 0.15) is 6.61 Å². The number of aryl methyl sites for hydroxylation is 1. The van der Waals surface area contributed by atoms with Gasteiger partial charge in [-0.25, -0.2) is 9.48 Å². The third-order valence-corrected chi connectivity index (χ3v) is 6.11. The van der Waals surface area contributed by atoms with E-state index in [0.29, 0.717) is 32.5 Å². The monoisotopic (exact) mass is 473 g/mol. The first-order valence-electron chi connectivity index (χ1n) is 11.7. The highest BCUT2D eigenvalue weighted by Gasteiger charge is 2.29. The molecule has 1 aromatic heterocycles. The van der Waals surface area contributed by atoms with Crippen LogP contribution in [0.2, 0.25) is 0 Å². The molecule has 3 rings (SSSR count). The van der Waals surface area contributed by atoms with Crippen molar-refractivity contribution in [2.24, 2.45) is 5.92 Å². The molecule has 0 fully saturated rings. The Labute approximate surface area is 200 Å². The fourth-order valence-corrected chi connectivity index (χ4v) is 3.92. The second-order valence-corrected chi connectivity index (χ2v) is 8.88. The highest BCUT2D eigenvalue weighted by Crippen LogP contribution is 2.18. The first-order chi connectivity index (χ1) is 16.4. The Balaban J connectivity index is 1.71. The molecule has 2 aromatic rings. The predicted molar refractivity (Wildman–Crippen MR) is 125 cm³/mol. The van der Waals surface area contributed by atoms with Crippen LogP contribution in [0.15, 0.2) is 36.5 Å². The van der Waals surface area contributed by atoms with E-state index in [0.717, 1.165) is 11.3 Å². The van der Waals surface area contributed by atoms with Crippen LogP contribution in [0.4, 0.5) is 4.79 Å². The minimum Gasteiger partial charge on any atom is -0.445 e. The number of nitrogens with zero attached hydrogens (tertiary/aromatic N) is 5. The van der Waals surface area contributed by atoms with Gasteiger partial charge in [-0.3, -0.25) is 4.79 Å². The lowest BCUT2D eigenvalue weighted by Crippen LogP contribution is -2.48. The van der Waals surface area contributed by atoms with E-state index in [2.05, 4.69) is 10.3 Å². The van der Waals surface area contributed by atoms with Crippen molar-refractivity contribution in [2.45, 2.75) is 58.6 Å². The summed E-state index contributed by atoms with van der Waals surface area (Å²) < 4.78 is 13.4. The molecule has 186 valence electrons. The lowest BCUT2D eigenvalue weighted by atomic mass is 10.0. The van der Waals surface area contributed by atoms with Crippen molar-refractivity contribution >= 4 is 12.0 Å². The lowest BCUT2D eigenvalue weighted by Gasteiger charge is -2.35. The first kappa shape index (κ1) is 25.6. The Morgan fingerprint density at radius 2 is 2.12 bits per heavy atom. The summed E-state index contributed by atoms with van der Waals surface area (Å²) in [6.45, 7) is 5.42. The molecule has 1 aliphatic heterocycles. The zero-order valence-corrected chi connectivity index (χ0v) is 20.2. The Kier molecular flexibility index (Phi) is 9.41. The number of carbonyl (C=O) groups excluding carboxylic acids is 2. The Morgan fingerprint density at radius 1 is 1.35 bits per heavy atom. The summed E-state index contributed by atoms with van der Waals surface area (Å²) >= 11 is 0. The fourth-order valence-electron chi connectivity index (χ4n) is 3.92. The predicted octanol–water partition coefficient (Wildman–Crippen LogP) is 2.07. The molecule has 2 amide bonds. The molecule has 0 saturated carbocycles. The largest absolute Gasteiger partial charge is 0.445 e. The number of likely N-dealkylation sites (N-methyl/N-ethyl adjacent to an activating group) is 1. The molecule has 10 nitrogen and oxygen atoms in total. The van der Waals surface area contributed by atoms with Crippen molar-refractivity contribution in [3.63, 3.8) is 0 Å². The van der Waals surface area contributed by atoms with Crippen LogP contribution in [-0.2, 0) is 34.0 Å². The van der Waals surface area contributed by atoms with Crippen LogP contribution in [0.3, 0.4) is 0 Å². The third kappa shape index (κ3) is 7.01. The molecule has 0 bridgehead atoms. The highest BCUT2D eigenvalue weighted by molar-refractivity contribution is 5.76. The van der Waals surface area contributed by atoms with E-state index >= 15 is 0 Å². The Morgan fingerprint density at radius 3 is 2.85 bits per heavy atom. The molecule has 3 atom stereocenters. The summed E-state index contributed by atoms with van der Waals surface area (Å²) in [5, 5.41) is 17.8. The van der Waals surface area contributed by atoms with Gasteiger partial charge in [-0.05, 0) is 18.9 Å². The summed E-state index contributed by atoms with van der Waals surface area (Å²) in [6.07, 6.45) is 1.81. The number of fused-ring (bicyclic) bond motifs is 1. The van der Waals surface area contributed by atoms with Crippen LogP contribution in [0.25, 0.3) is 0 Å². The number of benzene rings is 1. The minimum absolute atomic E-state index is 0.0231. The van der Waals surface area contributed by atoms with Crippen LogP contribution in [0.5, 0.6) is 0 Å². The molecule has 10 heteroatoms. The SMILES string of the molecule is C[C@@H]1CN([C@@H](C)CO)C(=O)CCCn2nncc2CO[C@H]1CN(C)C(=O)OCc1ccccc1. The summed E-state index contributed by atoms with van der Waals surface area (Å²) in [4.78, 5) is 28.8. The number of amides is 2. The number of aromatic nitrogens is 3. The van der Waals surface area contributed by atoms with Gasteiger partial charge in [-0.2, -0.15) is 0 Å². The summed E-state index contributed by atoms with van der Waals surface area (Å²) in [6, 6.07) is 9.19. The third-order valence-electron chi connectivity index (χ3n) is 6.11. The van der Waals surface area contributed by atoms with Crippen LogP contribution < -0.4 is 0 Å². The number of rotatable bonds is 6. The molecule has 34 heavy (non-hydrogen) atoms. The van der Waals surface area contributed by atoms with Crippen molar-refractivity contribution in [1.82, 2.24) is 24.8 Å².